The summed E-state index contributed by atoms with van der Waals surface area (Å²) in [5.41, 5.74) is 0. The van der Waals surface area contributed by atoms with Crippen LogP contribution in [0.3, 0.4) is 0 Å². The van der Waals surface area contributed by atoms with Gasteiger partial charge in [-0.1, -0.05) is 6.07 Å². The molecule has 1 unspecified atom stereocenters. The Morgan fingerprint density at radius 2 is 1.86 bits per heavy atom. The Morgan fingerprint density at radius 1 is 1.10 bits per heavy atom. The second-order valence-electron chi connectivity index (χ2n) is 7.85. The van der Waals surface area contributed by atoms with Gasteiger partial charge in [0.25, 0.3) is 0 Å². The van der Waals surface area contributed by atoms with Gasteiger partial charge in [-0.15, -0.1) is 22.7 Å². The maximum absolute atomic E-state index is 5.03. The third-order valence-corrected chi connectivity index (χ3v) is 7.78. The number of piperidine rings is 1. The first-order chi connectivity index (χ1) is 14.3. The van der Waals surface area contributed by atoms with Crippen molar-refractivity contribution in [1.82, 2.24) is 15.5 Å². The molecule has 0 aromatic carbocycles. The maximum atomic E-state index is 5.03. The van der Waals surface area contributed by atoms with E-state index in [1.807, 2.05) is 22.7 Å². The van der Waals surface area contributed by atoms with Crippen LogP contribution in [-0.4, -0.2) is 56.2 Å². The predicted octanol–water partition coefficient (Wildman–Crippen LogP) is 4.17. The van der Waals surface area contributed by atoms with Gasteiger partial charge in [-0.05, 0) is 74.7 Å². The van der Waals surface area contributed by atoms with E-state index in [0.717, 1.165) is 45.0 Å². The fraction of sp³-hybridized carbons (Fsp3) is 0.591. The molecule has 0 aliphatic carbocycles. The van der Waals surface area contributed by atoms with Gasteiger partial charge >= 0.3 is 0 Å². The molecule has 2 aliphatic heterocycles. The van der Waals surface area contributed by atoms with Crippen LogP contribution in [-0.2, 0) is 0 Å². The monoisotopic (exact) mass is 431 g/mol. The summed E-state index contributed by atoms with van der Waals surface area (Å²) in [7, 11) is 0. The third-order valence-electron chi connectivity index (χ3n) is 5.87. The quantitative estimate of drug-likeness (QED) is 0.510. The number of thiophene rings is 2. The molecule has 2 N–H and O–H groups in total. The lowest BCUT2D eigenvalue weighted by Gasteiger charge is -2.33. The molecule has 5 nitrogen and oxygen atoms in total. The standard InChI is InChI=1S/C22H33N5S2/c1-2-23-22(25-18-9-13-27(14-10-18)21-8-6-16-29-21)24-17-19(20-7-5-15-28-20)26-11-3-4-12-26/h5-8,15-16,18-19H,2-4,9-14,17H2,1H3,(H2,23,24,25). The Labute approximate surface area is 182 Å². The third kappa shape index (κ3) is 5.53. The Bertz CT molecular complexity index is 729. The Morgan fingerprint density at radius 3 is 2.52 bits per heavy atom. The number of likely N-dealkylation sites (tertiary alicyclic amines) is 1. The first kappa shape index (κ1) is 20.7. The fourth-order valence-corrected chi connectivity index (χ4v) is 5.94. The number of rotatable bonds is 7. The van der Waals surface area contributed by atoms with Gasteiger partial charge in [0.05, 0.1) is 17.6 Å². The van der Waals surface area contributed by atoms with Gasteiger partial charge in [0.2, 0.25) is 0 Å². The molecule has 4 heterocycles. The molecule has 1 atom stereocenters. The van der Waals surface area contributed by atoms with Crippen molar-refractivity contribution < 1.29 is 0 Å². The van der Waals surface area contributed by atoms with Crippen LogP contribution in [0.5, 0.6) is 0 Å². The minimum atomic E-state index is 0.411. The SMILES string of the molecule is CCNC(=NCC(c1cccs1)N1CCCC1)NC1CCN(c2cccs2)CC1. The Balaban J connectivity index is 1.35. The average molecular weight is 432 g/mol. The molecule has 7 heteroatoms. The molecule has 0 bridgehead atoms. The molecule has 0 spiro atoms. The van der Waals surface area contributed by atoms with Crippen LogP contribution in [0.2, 0.25) is 0 Å². The highest BCUT2D eigenvalue weighted by Gasteiger charge is 2.25. The number of hydrogen-bond acceptors (Lipinski definition) is 5. The molecule has 2 aromatic heterocycles. The molecule has 2 aliphatic rings. The van der Waals surface area contributed by atoms with Crippen molar-refractivity contribution in [3.63, 3.8) is 0 Å². The molecule has 29 heavy (non-hydrogen) atoms. The van der Waals surface area contributed by atoms with Crippen LogP contribution in [0, 0.1) is 0 Å². The number of guanidine groups is 1. The van der Waals surface area contributed by atoms with Gasteiger partial charge in [0.1, 0.15) is 0 Å². The molecule has 2 fully saturated rings. The number of nitrogens with zero attached hydrogens (tertiary/aromatic N) is 3. The summed E-state index contributed by atoms with van der Waals surface area (Å²) < 4.78 is 0. The van der Waals surface area contributed by atoms with E-state index in [9.17, 15) is 0 Å². The lowest BCUT2D eigenvalue weighted by atomic mass is 10.1. The first-order valence-corrected chi connectivity index (χ1v) is 12.7. The number of hydrogen-bond donors (Lipinski definition) is 2. The fourth-order valence-electron chi connectivity index (χ4n) is 4.30. The minimum Gasteiger partial charge on any atom is -0.363 e. The van der Waals surface area contributed by atoms with Crippen molar-refractivity contribution in [2.24, 2.45) is 4.99 Å². The molecule has 0 amide bonds. The number of nitrogens with one attached hydrogen (secondary N) is 2. The predicted molar refractivity (Wildman–Crippen MR) is 127 cm³/mol. The summed E-state index contributed by atoms with van der Waals surface area (Å²) in [6.45, 7) is 8.49. The van der Waals surface area contributed by atoms with Gasteiger partial charge in [-0.25, -0.2) is 0 Å². The van der Waals surface area contributed by atoms with Crippen molar-refractivity contribution in [3.8, 4) is 0 Å². The van der Waals surface area contributed by atoms with E-state index in [4.69, 9.17) is 4.99 Å². The van der Waals surface area contributed by atoms with E-state index in [1.165, 1.54) is 35.8 Å². The van der Waals surface area contributed by atoms with Crippen molar-refractivity contribution in [1.29, 1.82) is 0 Å². The lowest BCUT2D eigenvalue weighted by molar-refractivity contribution is 0.255. The minimum absolute atomic E-state index is 0.411. The van der Waals surface area contributed by atoms with Gasteiger partial charge < -0.3 is 15.5 Å². The summed E-state index contributed by atoms with van der Waals surface area (Å²) in [5.74, 6) is 0.975. The molecule has 0 radical (unpaired) electrons. The van der Waals surface area contributed by atoms with Crippen LogP contribution in [0.25, 0.3) is 0 Å². The zero-order valence-corrected chi connectivity index (χ0v) is 19.0. The first-order valence-electron chi connectivity index (χ1n) is 10.9. The number of anilines is 1. The van der Waals surface area contributed by atoms with Gasteiger partial charge in [-0.2, -0.15) is 0 Å². The molecule has 4 rings (SSSR count). The van der Waals surface area contributed by atoms with Gasteiger partial charge in [0, 0.05) is 30.6 Å². The zero-order chi connectivity index (χ0) is 19.9. The molecule has 158 valence electrons. The van der Waals surface area contributed by atoms with Crippen LogP contribution < -0.4 is 15.5 Å². The summed E-state index contributed by atoms with van der Waals surface area (Å²) >= 11 is 3.70. The van der Waals surface area contributed by atoms with E-state index in [0.29, 0.717) is 12.1 Å². The summed E-state index contributed by atoms with van der Waals surface area (Å²) in [6.07, 6.45) is 4.94. The molecule has 0 saturated carbocycles. The zero-order valence-electron chi connectivity index (χ0n) is 17.3. The summed E-state index contributed by atoms with van der Waals surface area (Å²) in [5, 5.41) is 12.9. The maximum Gasteiger partial charge on any atom is 0.191 e. The largest absolute Gasteiger partial charge is 0.363 e. The molecular weight excluding hydrogens is 398 g/mol. The number of aliphatic imine (C=N–C) groups is 1. The van der Waals surface area contributed by atoms with Crippen molar-refractivity contribution in [3.05, 3.63) is 39.9 Å². The normalized spacial score (nSPS) is 20.2. The lowest BCUT2D eigenvalue weighted by Crippen LogP contribution is -2.49. The van der Waals surface area contributed by atoms with Gasteiger partial charge in [0.15, 0.2) is 5.96 Å². The van der Waals surface area contributed by atoms with E-state index >= 15 is 0 Å². The van der Waals surface area contributed by atoms with Crippen LogP contribution in [0.4, 0.5) is 5.00 Å². The summed E-state index contributed by atoms with van der Waals surface area (Å²) in [6, 6.07) is 9.71. The Kier molecular flexibility index (Phi) is 7.46. The van der Waals surface area contributed by atoms with Crippen molar-refractivity contribution in [2.75, 3.05) is 44.2 Å². The van der Waals surface area contributed by atoms with Crippen LogP contribution >= 0.6 is 22.7 Å². The molecule has 2 saturated heterocycles. The van der Waals surface area contributed by atoms with Gasteiger partial charge in [-0.3, -0.25) is 9.89 Å². The highest BCUT2D eigenvalue weighted by Crippen LogP contribution is 2.29. The highest BCUT2D eigenvalue weighted by atomic mass is 32.1. The van der Waals surface area contributed by atoms with Crippen LogP contribution in [0.15, 0.2) is 40.0 Å². The molecule has 2 aromatic rings. The topological polar surface area (TPSA) is 42.9 Å². The van der Waals surface area contributed by atoms with E-state index in [1.54, 1.807) is 0 Å². The Hall–Kier alpha value is -1.57. The van der Waals surface area contributed by atoms with E-state index < -0.39 is 0 Å². The smallest absolute Gasteiger partial charge is 0.191 e. The van der Waals surface area contributed by atoms with Crippen molar-refractivity contribution >= 4 is 33.6 Å². The second kappa shape index (κ2) is 10.5. The average Bonchev–Trinajstić information content (AvgIpc) is 3.52. The summed E-state index contributed by atoms with van der Waals surface area (Å²) in [4.78, 5) is 11.6. The van der Waals surface area contributed by atoms with Crippen LogP contribution in [0.1, 0.15) is 43.5 Å². The second-order valence-corrected chi connectivity index (χ2v) is 9.76. The highest BCUT2D eigenvalue weighted by molar-refractivity contribution is 7.14. The van der Waals surface area contributed by atoms with E-state index in [2.05, 4.69) is 62.4 Å². The molecular formula is C22H33N5S2. The van der Waals surface area contributed by atoms with E-state index in [-0.39, 0.29) is 0 Å². The van der Waals surface area contributed by atoms with Crippen molar-refractivity contribution in [2.45, 2.75) is 44.7 Å².